The van der Waals surface area contributed by atoms with Crippen molar-refractivity contribution in [1.82, 2.24) is 10.2 Å². The summed E-state index contributed by atoms with van der Waals surface area (Å²) in [6.07, 6.45) is 1.13. The number of hydrogen-bond acceptors (Lipinski definition) is 3. The van der Waals surface area contributed by atoms with E-state index in [2.05, 4.69) is 58.2 Å². The number of nitrogens with one attached hydrogen (secondary N) is 1. The number of halogens is 1. The maximum Gasteiger partial charge on any atom is 0.241 e. The summed E-state index contributed by atoms with van der Waals surface area (Å²) in [6.45, 7) is 7.31. The molecular formula is C16H26BrN3O. The highest BCUT2D eigenvalue weighted by Crippen LogP contribution is 2.24. The zero-order valence-electron chi connectivity index (χ0n) is 13.4. The average Bonchev–Trinajstić information content (AvgIpc) is 2.46. The summed E-state index contributed by atoms with van der Waals surface area (Å²) in [5.41, 5.74) is 2.31. The van der Waals surface area contributed by atoms with Crippen LogP contribution in [0.5, 0.6) is 0 Å². The first-order valence-electron chi connectivity index (χ1n) is 7.43. The number of amides is 1. The summed E-state index contributed by atoms with van der Waals surface area (Å²) in [5, 5.41) is 3.40. The van der Waals surface area contributed by atoms with E-state index in [1.54, 1.807) is 19.0 Å². The Morgan fingerprint density at radius 2 is 2.00 bits per heavy atom. The lowest BCUT2D eigenvalue weighted by atomic mass is 10.2. The van der Waals surface area contributed by atoms with Crippen molar-refractivity contribution in [2.75, 3.05) is 38.6 Å². The molecule has 1 aromatic carbocycles. The highest BCUT2D eigenvalue weighted by atomic mass is 79.9. The summed E-state index contributed by atoms with van der Waals surface area (Å²) in [6, 6.07) is 6.29. The van der Waals surface area contributed by atoms with Gasteiger partial charge in [0.2, 0.25) is 5.91 Å². The fourth-order valence-electron chi connectivity index (χ4n) is 1.97. The molecule has 0 aromatic heterocycles. The molecule has 0 atom stereocenters. The second-order valence-corrected chi connectivity index (χ2v) is 6.11. The molecule has 4 nitrogen and oxygen atoms in total. The van der Waals surface area contributed by atoms with Gasteiger partial charge < -0.3 is 15.1 Å². The Balaban J connectivity index is 2.77. The van der Waals surface area contributed by atoms with Gasteiger partial charge in [0.1, 0.15) is 0 Å². The van der Waals surface area contributed by atoms with Crippen molar-refractivity contribution in [3.8, 4) is 0 Å². The molecule has 1 aromatic rings. The molecule has 0 unspecified atom stereocenters. The van der Waals surface area contributed by atoms with Crippen LogP contribution in [0.1, 0.15) is 25.8 Å². The van der Waals surface area contributed by atoms with Crippen molar-refractivity contribution in [2.24, 2.45) is 0 Å². The summed E-state index contributed by atoms with van der Waals surface area (Å²) >= 11 is 3.63. The van der Waals surface area contributed by atoms with Gasteiger partial charge in [-0.1, -0.05) is 28.9 Å². The van der Waals surface area contributed by atoms with Crippen molar-refractivity contribution in [3.05, 3.63) is 28.2 Å². The molecule has 5 heteroatoms. The van der Waals surface area contributed by atoms with Gasteiger partial charge in [-0.3, -0.25) is 4.79 Å². The average molecular weight is 356 g/mol. The molecule has 0 radical (unpaired) electrons. The van der Waals surface area contributed by atoms with Crippen LogP contribution in [0.4, 0.5) is 5.69 Å². The normalized spacial score (nSPS) is 10.5. The molecule has 0 spiro atoms. The van der Waals surface area contributed by atoms with Crippen molar-refractivity contribution in [1.29, 1.82) is 0 Å². The number of nitrogens with zero attached hydrogens (tertiary/aromatic N) is 2. The molecule has 0 bridgehead atoms. The third-order valence-corrected chi connectivity index (χ3v) is 4.09. The number of anilines is 1. The van der Waals surface area contributed by atoms with E-state index in [9.17, 15) is 4.79 Å². The molecule has 0 saturated carbocycles. The first kappa shape index (κ1) is 18.0. The van der Waals surface area contributed by atoms with E-state index in [1.165, 1.54) is 5.56 Å². The fourth-order valence-corrected chi connectivity index (χ4v) is 2.47. The van der Waals surface area contributed by atoms with E-state index in [0.717, 1.165) is 36.2 Å². The SMILES string of the molecule is CCCNCc1ccc(N(CC)CC(=O)N(C)C)cc1Br. The monoisotopic (exact) mass is 355 g/mol. The third kappa shape index (κ3) is 5.67. The van der Waals surface area contributed by atoms with Crippen LogP contribution in [0.25, 0.3) is 0 Å². The smallest absolute Gasteiger partial charge is 0.241 e. The standard InChI is InChI=1S/C16H26BrN3O/c1-5-9-18-11-13-7-8-14(10-15(13)17)20(6-2)12-16(21)19(3)4/h7-8,10,18H,5-6,9,11-12H2,1-4H3. The minimum absolute atomic E-state index is 0.113. The van der Waals surface area contributed by atoms with Crippen LogP contribution in [0.3, 0.4) is 0 Å². The van der Waals surface area contributed by atoms with Crippen LogP contribution in [0.2, 0.25) is 0 Å². The number of benzene rings is 1. The topological polar surface area (TPSA) is 35.6 Å². The Bertz CT molecular complexity index is 463. The van der Waals surface area contributed by atoms with Gasteiger partial charge in [0.05, 0.1) is 6.54 Å². The van der Waals surface area contributed by atoms with Gasteiger partial charge in [-0.15, -0.1) is 0 Å². The van der Waals surface area contributed by atoms with Gasteiger partial charge in [-0.2, -0.15) is 0 Å². The van der Waals surface area contributed by atoms with E-state index < -0.39 is 0 Å². The van der Waals surface area contributed by atoms with E-state index in [4.69, 9.17) is 0 Å². The van der Waals surface area contributed by atoms with Crippen LogP contribution in [0, 0.1) is 0 Å². The Labute approximate surface area is 136 Å². The second kappa shape index (κ2) is 9.05. The summed E-state index contributed by atoms with van der Waals surface area (Å²) < 4.78 is 1.08. The zero-order chi connectivity index (χ0) is 15.8. The molecule has 1 N–H and O–H groups in total. The van der Waals surface area contributed by atoms with Gasteiger partial charge in [0, 0.05) is 37.3 Å². The third-order valence-electron chi connectivity index (χ3n) is 3.35. The molecule has 0 aliphatic carbocycles. The lowest BCUT2D eigenvalue weighted by molar-refractivity contribution is -0.127. The van der Waals surface area contributed by atoms with Gasteiger partial charge in [-0.05, 0) is 37.6 Å². The number of carbonyl (C=O) groups is 1. The number of hydrogen-bond donors (Lipinski definition) is 1. The molecule has 21 heavy (non-hydrogen) atoms. The zero-order valence-corrected chi connectivity index (χ0v) is 15.0. The first-order chi connectivity index (χ1) is 9.99. The quantitative estimate of drug-likeness (QED) is 0.728. The van der Waals surface area contributed by atoms with Gasteiger partial charge in [0.15, 0.2) is 0 Å². The summed E-state index contributed by atoms with van der Waals surface area (Å²) in [7, 11) is 3.57. The Morgan fingerprint density at radius 3 is 2.52 bits per heavy atom. The maximum absolute atomic E-state index is 11.9. The minimum atomic E-state index is 0.113. The first-order valence-corrected chi connectivity index (χ1v) is 8.23. The van der Waals surface area contributed by atoms with Crippen molar-refractivity contribution in [3.63, 3.8) is 0 Å². The predicted molar refractivity (Wildman–Crippen MR) is 92.7 cm³/mol. The fraction of sp³-hybridized carbons (Fsp3) is 0.562. The second-order valence-electron chi connectivity index (χ2n) is 5.25. The van der Waals surface area contributed by atoms with E-state index in [-0.39, 0.29) is 5.91 Å². The van der Waals surface area contributed by atoms with Crippen LogP contribution >= 0.6 is 15.9 Å². The molecular weight excluding hydrogens is 330 g/mol. The molecule has 0 aliphatic heterocycles. The lowest BCUT2D eigenvalue weighted by Gasteiger charge is -2.25. The van der Waals surface area contributed by atoms with Gasteiger partial charge in [-0.25, -0.2) is 0 Å². The highest BCUT2D eigenvalue weighted by molar-refractivity contribution is 9.10. The molecule has 0 saturated heterocycles. The number of likely N-dealkylation sites (N-methyl/N-ethyl adjacent to an activating group) is 2. The van der Waals surface area contributed by atoms with E-state index in [0.29, 0.717) is 6.54 Å². The molecule has 0 aliphatic rings. The molecule has 1 rings (SSSR count). The van der Waals surface area contributed by atoms with Crippen molar-refractivity contribution in [2.45, 2.75) is 26.8 Å². The summed E-state index contributed by atoms with van der Waals surface area (Å²) in [4.78, 5) is 15.6. The molecule has 1 amide bonds. The number of rotatable bonds is 8. The van der Waals surface area contributed by atoms with E-state index in [1.807, 2.05) is 0 Å². The Hall–Kier alpha value is -1.07. The van der Waals surface area contributed by atoms with Crippen LogP contribution in [0.15, 0.2) is 22.7 Å². The summed E-state index contributed by atoms with van der Waals surface area (Å²) in [5.74, 6) is 0.113. The van der Waals surface area contributed by atoms with E-state index >= 15 is 0 Å². The molecule has 0 heterocycles. The molecule has 118 valence electrons. The van der Waals surface area contributed by atoms with Gasteiger partial charge in [0.25, 0.3) is 0 Å². The lowest BCUT2D eigenvalue weighted by Crippen LogP contribution is -2.36. The Morgan fingerprint density at radius 1 is 1.29 bits per heavy atom. The Kier molecular flexibility index (Phi) is 7.75. The van der Waals surface area contributed by atoms with Crippen LogP contribution < -0.4 is 10.2 Å². The number of carbonyl (C=O) groups excluding carboxylic acids is 1. The van der Waals surface area contributed by atoms with Crippen LogP contribution in [-0.4, -0.2) is 44.5 Å². The molecule has 0 fully saturated rings. The minimum Gasteiger partial charge on any atom is -0.362 e. The van der Waals surface area contributed by atoms with Crippen molar-refractivity contribution >= 4 is 27.5 Å². The maximum atomic E-state index is 11.9. The largest absolute Gasteiger partial charge is 0.362 e. The van der Waals surface area contributed by atoms with Gasteiger partial charge >= 0.3 is 0 Å². The van der Waals surface area contributed by atoms with Crippen molar-refractivity contribution < 1.29 is 4.79 Å². The predicted octanol–water partition coefficient (Wildman–Crippen LogP) is 2.86. The van der Waals surface area contributed by atoms with Crippen LogP contribution in [-0.2, 0) is 11.3 Å². The highest BCUT2D eigenvalue weighted by Gasteiger charge is 2.12.